The van der Waals surface area contributed by atoms with E-state index in [1.165, 1.54) is 4.90 Å². The first-order valence-electron chi connectivity index (χ1n) is 11.0. The Morgan fingerprint density at radius 2 is 1.79 bits per heavy atom. The normalized spacial score (nSPS) is 19.9. The Labute approximate surface area is 191 Å². The van der Waals surface area contributed by atoms with Crippen LogP contribution in [0.2, 0.25) is 0 Å². The molecule has 5 rings (SSSR count). The van der Waals surface area contributed by atoms with E-state index in [0.717, 1.165) is 5.56 Å². The zero-order chi connectivity index (χ0) is 23.0. The Bertz CT molecular complexity index is 1110. The number of nitrogens with one attached hydrogen (secondary N) is 1. The van der Waals surface area contributed by atoms with E-state index < -0.39 is 5.54 Å². The minimum Gasteiger partial charge on any atom is -0.342 e. The Morgan fingerprint density at radius 3 is 2.42 bits per heavy atom. The van der Waals surface area contributed by atoms with Gasteiger partial charge in [-0.15, -0.1) is 6.42 Å². The Hall–Kier alpha value is -3.93. The number of amides is 4. The average Bonchev–Trinajstić information content (AvgIpc) is 3.03. The Kier molecular flexibility index (Phi) is 5.21. The SMILES string of the molecule is C#Cc1cnc(N2CC(C(=O)N3CCC4(CC3)NC(=O)N(Cc3ccccc3)C4=O)C2)nc1. The number of terminal acetylenes is 1. The molecule has 4 amide bonds. The third kappa shape index (κ3) is 3.78. The summed E-state index contributed by atoms with van der Waals surface area (Å²) >= 11 is 0. The summed E-state index contributed by atoms with van der Waals surface area (Å²) in [6.45, 7) is 2.23. The van der Waals surface area contributed by atoms with Gasteiger partial charge in [-0.05, 0) is 18.4 Å². The topological polar surface area (TPSA) is 98.7 Å². The molecular formula is C24H24N6O3. The van der Waals surface area contributed by atoms with Crippen LogP contribution in [0.4, 0.5) is 10.7 Å². The fourth-order valence-corrected chi connectivity index (χ4v) is 4.65. The molecule has 0 radical (unpaired) electrons. The summed E-state index contributed by atoms with van der Waals surface area (Å²) in [5.41, 5.74) is 0.601. The molecule has 9 heteroatoms. The van der Waals surface area contributed by atoms with Crippen molar-refractivity contribution in [1.82, 2.24) is 25.1 Å². The standard InChI is InChI=1S/C24H24N6O3/c1-2-17-12-25-22(26-13-17)29-15-19(16-29)20(31)28-10-8-24(9-11-28)21(32)30(23(33)27-24)14-18-6-4-3-5-7-18/h1,3-7,12-13,19H,8-11,14-16H2,(H,27,33). The number of anilines is 1. The third-order valence-corrected chi connectivity index (χ3v) is 6.68. The molecule has 1 N–H and O–H groups in total. The highest BCUT2D eigenvalue weighted by atomic mass is 16.2. The van der Waals surface area contributed by atoms with Crippen LogP contribution < -0.4 is 10.2 Å². The van der Waals surface area contributed by atoms with Gasteiger partial charge in [0.15, 0.2) is 0 Å². The van der Waals surface area contributed by atoms with E-state index in [-0.39, 0.29) is 30.3 Å². The summed E-state index contributed by atoms with van der Waals surface area (Å²) < 4.78 is 0. The molecule has 4 heterocycles. The van der Waals surface area contributed by atoms with Crippen molar-refractivity contribution in [2.75, 3.05) is 31.1 Å². The van der Waals surface area contributed by atoms with E-state index in [1.807, 2.05) is 35.2 Å². The van der Waals surface area contributed by atoms with Gasteiger partial charge in [-0.1, -0.05) is 36.3 Å². The summed E-state index contributed by atoms with van der Waals surface area (Å²) in [7, 11) is 0. The predicted molar refractivity (Wildman–Crippen MR) is 120 cm³/mol. The molecule has 9 nitrogen and oxygen atoms in total. The first kappa shape index (κ1) is 20.9. The van der Waals surface area contributed by atoms with E-state index in [4.69, 9.17) is 6.42 Å². The van der Waals surface area contributed by atoms with Crippen molar-refractivity contribution in [1.29, 1.82) is 0 Å². The van der Waals surface area contributed by atoms with Gasteiger partial charge < -0.3 is 15.1 Å². The van der Waals surface area contributed by atoms with Gasteiger partial charge in [0.25, 0.3) is 5.91 Å². The van der Waals surface area contributed by atoms with Crippen LogP contribution in [0, 0.1) is 18.3 Å². The lowest BCUT2D eigenvalue weighted by Gasteiger charge is -2.43. The molecule has 3 saturated heterocycles. The first-order valence-corrected chi connectivity index (χ1v) is 11.0. The monoisotopic (exact) mass is 444 g/mol. The number of rotatable bonds is 4. The van der Waals surface area contributed by atoms with Crippen molar-refractivity contribution in [2.45, 2.75) is 24.9 Å². The summed E-state index contributed by atoms with van der Waals surface area (Å²) in [5.74, 6) is 2.79. The lowest BCUT2D eigenvalue weighted by atomic mass is 9.86. The van der Waals surface area contributed by atoms with Gasteiger partial charge >= 0.3 is 6.03 Å². The molecule has 1 aromatic heterocycles. The van der Waals surface area contributed by atoms with Gasteiger partial charge in [0.05, 0.1) is 18.0 Å². The van der Waals surface area contributed by atoms with Crippen LogP contribution in [0.3, 0.4) is 0 Å². The van der Waals surface area contributed by atoms with Crippen LogP contribution in [0.15, 0.2) is 42.7 Å². The van der Waals surface area contributed by atoms with Gasteiger partial charge in [0.1, 0.15) is 5.54 Å². The second kappa shape index (κ2) is 8.20. The van der Waals surface area contributed by atoms with Gasteiger partial charge in [-0.2, -0.15) is 0 Å². The minimum atomic E-state index is -0.916. The molecule has 1 spiro atoms. The molecule has 2 aromatic rings. The first-order chi connectivity index (χ1) is 16.0. The number of aromatic nitrogens is 2. The van der Waals surface area contributed by atoms with Crippen molar-refractivity contribution in [3.63, 3.8) is 0 Å². The maximum atomic E-state index is 13.1. The van der Waals surface area contributed by atoms with Crippen LogP contribution in [-0.4, -0.2) is 69.3 Å². The second-order valence-electron chi connectivity index (χ2n) is 8.73. The maximum absolute atomic E-state index is 13.1. The fraction of sp³-hybridized carbons (Fsp3) is 0.375. The number of benzene rings is 1. The van der Waals surface area contributed by atoms with Gasteiger partial charge in [0, 0.05) is 38.6 Å². The number of hydrogen-bond donors (Lipinski definition) is 1. The van der Waals surface area contributed by atoms with Crippen molar-refractivity contribution in [2.24, 2.45) is 5.92 Å². The number of likely N-dealkylation sites (tertiary alicyclic amines) is 1. The second-order valence-corrected chi connectivity index (χ2v) is 8.73. The molecule has 33 heavy (non-hydrogen) atoms. The average molecular weight is 444 g/mol. The fourth-order valence-electron chi connectivity index (χ4n) is 4.65. The van der Waals surface area contributed by atoms with E-state index >= 15 is 0 Å². The van der Waals surface area contributed by atoms with Crippen LogP contribution in [0.5, 0.6) is 0 Å². The van der Waals surface area contributed by atoms with Crippen LogP contribution in [-0.2, 0) is 16.1 Å². The Morgan fingerprint density at radius 1 is 1.12 bits per heavy atom. The van der Waals surface area contributed by atoms with Crippen LogP contribution >= 0.6 is 0 Å². The molecule has 3 aliphatic rings. The van der Waals surface area contributed by atoms with Gasteiger partial charge in [-0.25, -0.2) is 14.8 Å². The number of hydrogen-bond acceptors (Lipinski definition) is 6. The highest BCUT2D eigenvalue weighted by molar-refractivity contribution is 6.07. The van der Waals surface area contributed by atoms with Crippen LogP contribution in [0.25, 0.3) is 0 Å². The summed E-state index contributed by atoms with van der Waals surface area (Å²) in [5, 5.41) is 2.90. The smallest absolute Gasteiger partial charge is 0.325 e. The van der Waals surface area contributed by atoms with Crippen molar-refractivity contribution >= 4 is 23.8 Å². The van der Waals surface area contributed by atoms with Crippen molar-refractivity contribution in [3.8, 4) is 12.3 Å². The molecular weight excluding hydrogens is 420 g/mol. The van der Waals surface area contributed by atoms with Crippen LogP contribution in [0.1, 0.15) is 24.0 Å². The van der Waals surface area contributed by atoms with E-state index in [0.29, 0.717) is 50.5 Å². The highest BCUT2D eigenvalue weighted by Crippen LogP contribution is 2.32. The summed E-state index contributed by atoms with van der Waals surface area (Å²) in [4.78, 5) is 52.1. The number of nitrogens with zero attached hydrogens (tertiary/aromatic N) is 5. The molecule has 0 aliphatic carbocycles. The predicted octanol–water partition coefficient (Wildman–Crippen LogP) is 1.01. The number of piperidine rings is 1. The maximum Gasteiger partial charge on any atom is 0.325 e. The number of carbonyl (C=O) groups excluding carboxylic acids is 3. The Balaban J connectivity index is 1.16. The largest absolute Gasteiger partial charge is 0.342 e. The minimum absolute atomic E-state index is 0.0688. The van der Waals surface area contributed by atoms with E-state index in [9.17, 15) is 14.4 Å². The van der Waals surface area contributed by atoms with Gasteiger partial charge in [0.2, 0.25) is 11.9 Å². The van der Waals surface area contributed by atoms with E-state index in [1.54, 1.807) is 17.3 Å². The molecule has 3 fully saturated rings. The highest BCUT2D eigenvalue weighted by Gasteiger charge is 2.53. The summed E-state index contributed by atoms with van der Waals surface area (Å²) in [6.07, 6.45) is 9.35. The zero-order valence-electron chi connectivity index (χ0n) is 18.1. The molecule has 3 aliphatic heterocycles. The third-order valence-electron chi connectivity index (χ3n) is 6.68. The molecule has 0 bridgehead atoms. The van der Waals surface area contributed by atoms with Gasteiger partial charge in [-0.3, -0.25) is 14.5 Å². The lowest BCUT2D eigenvalue weighted by Crippen LogP contribution is -2.60. The lowest BCUT2D eigenvalue weighted by molar-refractivity contribution is -0.141. The number of urea groups is 1. The molecule has 0 atom stereocenters. The molecule has 0 unspecified atom stereocenters. The van der Waals surface area contributed by atoms with E-state index in [2.05, 4.69) is 21.2 Å². The summed E-state index contributed by atoms with van der Waals surface area (Å²) in [6, 6.07) is 9.08. The quantitative estimate of drug-likeness (QED) is 0.558. The number of imide groups is 1. The zero-order valence-corrected chi connectivity index (χ0v) is 18.1. The molecule has 0 saturated carbocycles. The van der Waals surface area contributed by atoms with Crippen molar-refractivity contribution < 1.29 is 14.4 Å². The van der Waals surface area contributed by atoms with Crippen molar-refractivity contribution in [3.05, 3.63) is 53.9 Å². The number of carbonyl (C=O) groups is 3. The molecule has 168 valence electrons. The molecule has 1 aromatic carbocycles.